The molecule has 3 aromatic rings. The average molecular weight is 267 g/mol. The van der Waals surface area contributed by atoms with Gasteiger partial charge in [-0.1, -0.05) is 35.9 Å². The van der Waals surface area contributed by atoms with E-state index in [0.29, 0.717) is 6.54 Å². The fourth-order valence-corrected chi connectivity index (χ4v) is 2.48. The van der Waals surface area contributed by atoms with Gasteiger partial charge in [0.1, 0.15) is 0 Å². The van der Waals surface area contributed by atoms with Crippen LogP contribution in [0.1, 0.15) is 23.6 Å². The van der Waals surface area contributed by atoms with Crippen LogP contribution in [0.4, 0.5) is 0 Å². The molecule has 0 fully saturated rings. The normalized spacial score (nSPS) is 12.7. The van der Waals surface area contributed by atoms with Crippen molar-refractivity contribution in [2.24, 2.45) is 5.73 Å². The summed E-state index contributed by atoms with van der Waals surface area (Å²) in [5, 5.41) is 14.4. The van der Waals surface area contributed by atoms with E-state index in [1.165, 1.54) is 22.7 Å². The Bertz CT molecular complexity index is 705. The minimum Gasteiger partial charge on any atom is -0.330 e. The van der Waals surface area contributed by atoms with Crippen LogP contribution in [-0.2, 0) is 0 Å². The van der Waals surface area contributed by atoms with Gasteiger partial charge in [0.05, 0.1) is 6.04 Å². The smallest absolute Gasteiger partial charge is 0.162 e. The lowest BCUT2D eigenvalue weighted by molar-refractivity contribution is 0.431. The number of hydrogen-bond donors (Lipinski definition) is 1. The van der Waals surface area contributed by atoms with Crippen LogP contribution in [0, 0.1) is 6.92 Å². The van der Waals surface area contributed by atoms with Crippen molar-refractivity contribution >= 4 is 10.8 Å². The van der Waals surface area contributed by atoms with E-state index in [-0.39, 0.29) is 6.04 Å². The Morgan fingerprint density at radius 2 is 1.95 bits per heavy atom. The van der Waals surface area contributed by atoms with E-state index in [1.54, 1.807) is 4.80 Å². The molecule has 0 bridgehead atoms. The molecule has 0 aliphatic heterocycles. The molecule has 0 radical (unpaired) electrons. The van der Waals surface area contributed by atoms with Gasteiger partial charge in [-0.25, -0.2) is 0 Å². The maximum atomic E-state index is 5.72. The van der Waals surface area contributed by atoms with Crippen LogP contribution in [0.2, 0.25) is 0 Å². The van der Waals surface area contributed by atoms with Gasteiger partial charge in [-0.3, -0.25) is 0 Å². The third-order valence-electron chi connectivity index (χ3n) is 3.49. The van der Waals surface area contributed by atoms with Gasteiger partial charge < -0.3 is 5.73 Å². The van der Waals surface area contributed by atoms with Gasteiger partial charge in [0.15, 0.2) is 6.33 Å². The number of aryl methyl sites for hydroxylation is 1. The molecule has 2 aromatic carbocycles. The van der Waals surface area contributed by atoms with E-state index in [4.69, 9.17) is 5.73 Å². The molecule has 1 heterocycles. The number of benzene rings is 2. The number of tetrazole rings is 1. The Morgan fingerprint density at radius 1 is 1.15 bits per heavy atom. The van der Waals surface area contributed by atoms with E-state index < -0.39 is 0 Å². The second kappa shape index (κ2) is 5.38. The molecule has 20 heavy (non-hydrogen) atoms. The minimum absolute atomic E-state index is 0.0354. The van der Waals surface area contributed by atoms with Gasteiger partial charge in [0.2, 0.25) is 0 Å². The molecule has 102 valence electrons. The number of nitrogens with two attached hydrogens (primary N) is 1. The van der Waals surface area contributed by atoms with Crippen LogP contribution in [-0.4, -0.2) is 26.8 Å². The SMILES string of the molecule is Cc1ccc2cc(C(CCN)n3ncnn3)ccc2c1. The van der Waals surface area contributed by atoms with Crippen LogP contribution in [0.3, 0.4) is 0 Å². The highest BCUT2D eigenvalue weighted by molar-refractivity contribution is 5.83. The molecule has 0 saturated heterocycles. The minimum atomic E-state index is 0.0354. The van der Waals surface area contributed by atoms with E-state index in [2.05, 4.69) is 58.7 Å². The molecule has 1 atom stereocenters. The molecular weight excluding hydrogens is 250 g/mol. The summed E-state index contributed by atoms with van der Waals surface area (Å²) in [7, 11) is 0. The van der Waals surface area contributed by atoms with Crippen molar-refractivity contribution < 1.29 is 0 Å². The first kappa shape index (κ1) is 12.7. The zero-order valence-corrected chi connectivity index (χ0v) is 11.4. The number of rotatable bonds is 4. The van der Waals surface area contributed by atoms with Crippen molar-refractivity contribution in [3.63, 3.8) is 0 Å². The lowest BCUT2D eigenvalue weighted by Gasteiger charge is -2.15. The molecule has 0 aliphatic carbocycles. The van der Waals surface area contributed by atoms with Crippen molar-refractivity contribution in [2.45, 2.75) is 19.4 Å². The van der Waals surface area contributed by atoms with Crippen LogP contribution in [0.25, 0.3) is 10.8 Å². The van der Waals surface area contributed by atoms with Gasteiger partial charge in [0.25, 0.3) is 0 Å². The summed E-state index contributed by atoms with van der Waals surface area (Å²) in [5.74, 6) is 0. The lowest BCUT2D eigenvalue weighted by Crippen LogP contribution is -2.18. The third-order valence-corrected chi connectivity index (χ3v) is 3.49. The van der Waals surface area contributed by atoms with Gasteiger partial charge >= 0.3 is 0 Å². The zero-order chi connectivity index (χ0) is 13.9. The predicted molar refractivity (Wildman–Crippen MR) is 78.3 cm³/mol. The number of aromatic nitrogens is 4. The Labute approximate surface area is 117 Å². The van der Waals surface area contributed by atoms with Gasteiger partial charge in [-0.2, -0.15) is 4.80 Å². The Hall–Kier alpha value is -2.27. The van der Waals surface area contributed by atoms with E-state index >= 15 is 0 Å². The van der Waals surface area contributed by atoms with E-state index in [1.807, 2.05) is 0 Å². The third kappa shape index (κ3) is 2.40. The van der Waals surface area contributed by atoms with E-state index in [0.717, 1.165) is 12.0 Å². The summed E-state index contributed by atoms with van der Waals surface area (Å²) in [6.45, 7) is 2.68. The first-order valence-corrected chi connectivity index (χ1v) is 6.71. The monoisotopic (exact) mass is 267 g/mol. The number of fused-ring (bicyclic) bond motifs is 1. The Balaban J connectivity index is 2.05. The van der Waals surface area contributed by atoms with Gasteiger partial charge in [-0.15, -0.1) is 10.2 Å². The Morgan fingerprint density at radius 3 is 2.70 bits per heavy atom. The topological polar surface area (TPSA) is 69.6 Å². The van der Waals surface area contributed by atoms with Gasteiger partial charge in [-0.05, 0) is 47.5 Å². The maximum absolute atomic E-state index is 5.72. The van der Waals surface area contributed by atoms with Crippen molar-refractivity contribution in [2.75, 3.05) is 6.54 Å². The zero-order valence-electron chi connectivity index (χ0n) is 11.4. The number of hydrogen-bond acceptors (Lipinski definition) is 4. The standard InChI is InChI=1S/C15H17N5/c1-11-2-3-13-9-14(5-4-12(13)8-11)15(6-7-16)20-18-10-17-19-20/h2-5,8-10,15H,6-7,16H2,1H3. The first-order valence-electron chi connectivity index (χ1n) is 6.71. The molecule has 0 saturated carbocycles. The summed E-state index contributed by atoms with van der Waals surface area (Å²) in [4.78, 5) is 1.63. The fraction of sp³-hybridized carbons (Fsp3) is 0.267. The first-order chi connectivity index (χ1) is 9.78. The second-order valence-corrected chi connectivity index (χ2v) is 4.96. The van der Waals surface area contributed by atoms with Crippen LogP contribution in [0.5, 0.6) is 0 Å². The Kier molecular flexibility index (Phi) is 3.43. The van der Waals surface area contributed by atoms with Gasteiger partial charge in [0, 0.05) is 0 Å². The summed E-state index contributed by atoms with van der Waals surface area (Å²) in [6, 6.07) is 12.9. The predicted octanol–water partition coefficient (Wildman–Crippen LogP) is 2.07. The van der Waals surface area contributed by atoms with Crippen molar-refractivity contribution in [1.29, 1.82) is 0 Å². The van der Waals surface area contributed by atoms with Crippen LogP contribution >= 0.6 is 0 Å². The molecular formula is C15H17N5. The molecule has 5 nitrogen and oxygen atoms in total. The summed E-state index contributed by atoms with van der Waals surface area (Å²) in [5.41, 5.74) is 8.14. The van der Waals surface area contributed by atoms with Crippen LogP contribution in [0.15, 0.2) is 42.7 Å². The summed E-state index contributed by atoms with van der Waals surface area (Å²) >= 11 is 0. The largest absolute Gasteiger partial charge is 0.330 e. The highest BCUT2D eigenvalue weighted by atomic mass is 15.6. The quantitative estimate of drug-likeness (QED) is 0.785. The summed E-state index contributed by atoms with van der Waals surface area (Å²) < 4.78 is 0. The fourth-order valence-electron chi connectivity index (χ4n) is 2.48. The molecule has 1 unspecified atom stereocenters. The second-order valence-electron chi connectivity index (χ2n) is 4.96. The molecule has 5 heteroatoms. The van der Waals surface area contributed by atoms with Crippen molar-refractivity contribution in [3.05, 3.63) is 53.9 Å². The lowest BCUT2D eigenvalue weighted by atomic mass is 9.99. The maximum Gasteiger partial charge on any atom is 0.162 e. The molecule has 2 N–H and O–H groups in total. The molecule has 0 spiro atoms. The highest BCUT2D eigenvalue weighted by Gasteiger charge is 2.15. The average Bonchev–Trinajstić information content (AvgIpc) is 2.98. The van der Waals surface area contributed by atoms with Crippen LogP contribution < -0.4 is 5.73 Å². The van der Waals surface area contributed by atoms with Crippen molar-refractivity contribution in [3.8, 4) is 0 Å². The molecule has 1 aromatic heterocycles. The molecule has 3 rings (SSSR count). The molecule has 0 amide bonds. The number of nitrogens with zero attached hydrogens (tertiary/aromatic N) is 4. The highest BCUT2D eigenvalue weighted by Crippen LogP contribution is 2.24. The summed E-state index contributed by atoms with van der Waals surface area (Å²) in [6.07, 6.45) is 2.24. The molecule has 0 aliphatic rings. The van der Waals surface area contributed by atoms with E-state index in [9.17, 15) is 0 Å². The van der Waals surface area contributed by atoms with Crippen molar-refractivity contribution in [1.82, 2.24) is 20.2 Å².